The Morgan fingerprint density at radius 2 is 1.90 bits per heavy atom. The highest BCUT2D eigenvalue weighted by Gasteiger charge is 2.26. The molecule has 1 N–H and O–H groups in total. The van der Waals surface area contributed by atoms with Crippen LogP contribution >= 0.6 is 0 Å². The Morgan fingerprint density at radius 1 is 1.24 bits per heavy atom. The molecule has 114 valence electrons. The number of hydrogen-bond donors (Lipinski definition) is 1. The normalized spacial score (nSPS) is 13.0. The number of likely N-dealkylation sites (N-methyl/N-ethyl adjacent to an activating group) is 1. The maximum absolute atomic E-state index is 12.4. The molecule has 2 rings (SSSR count). The largest absolute Gasteiger partial charge is 0.423 e. The second-order valence-corrected chi connectivity index (χ2v) is 7.57. The minimum atomic E-state index is -3.72. The van der Waals surface area contributed by atoms with Gasteiger partial charge < -0.3 is 9.52 Å². The van der Waals surface area contributed by atoms with Gasteiger partial charge >= 0.3 is 5.63 Å². The minimum Gasteiger partial charge on any atom is -0.423 e. The molecule has 0 atom stereocenters. The van der Waals surface area contributed by atoms with Gasteiger partial charge in [-0.25, -0.2) is 13.2 Å². The lowest BCUT2D eigenvalue weighted by atomic mass is 10.1. The molecule has 0 bridgehead atoms. The van der Waals surface area contributed by atoms with Gasteiger partial charge in [0.05, 0.1) is 10.5 Å². The van der Waals surface area contributed by atoms with Crippen LogP contribution in [-0.4, -0.2) is 37.0 Å². The number of sulfonamides is 1. The summed E-state index contributed by atoms with van der Waals surface area (Å²) in [5, 5.41) is 10.3. The van der Waals surface area contributed by atoms with Gasteiger partial charge in [0.25, 0.3) is 0 Å². The number of nitrogens with zero attached hydrogens (tertiary/aromatic N) is 1. The zero-order valence-corrected chi connectivity index (χ0v) is 12.8. The van der Waals surface area contributed by atoms with E-state index in [1.54, 1.807) is 0 Å². The van der Waals surface area contributed by atoms with Crippen LogP contribution in [0.25, 0.3) is 11.0 Å². The van der Waals surface area contributed by atoms with Crippen LogP contribution in [0.3, 0.4) is 0 Å². The summed E-state index contributed by atoms with van der Waals surface area (Å²) in [5.41, 5.74) is -1.30. The van der Waals surface area contributed by atoms with Crippen LogP contribution in [0.5, 0.6) is 0 Å². The molecule has 0 spiro atoms. The first kappa shape index (κ1) is 15.7. The van der Waals surface area contributed by atoms with Crippen molar-refractivity contribution in [1.82, 2.24) is 4.31 Å². The summed E-state index contributed by atoms with van der Waals surface area (Å²) < 4.78 is 30.9. The molecule has 21 heavy (non-hydrogen) atoms. The fourth-order valence-electron chi connectivity index (χ4n) is 2.02. The summed E-state index contributed by atoms with van der Waals surface area (Å²) in [7, 11) is -2.31. The van der Waals surface area contributed by atoms with E-state index in [0.29, 0.717) is 11.0 Å². The molecule has 2 aromatic rings. The number of rotatable bonds is 4. The summed E-state index contributed by atoms with van der Waals surface area (Å²) in [5.74, 6) is 0. The number of fused-ring (bicyclic) bond motifs is 1. The average Bonchev–Trinajstić information content (AvgIpc) is 2.35. The first-order chi connectivity index (χ1) is 9.59. The first-order valence-corrected chi connectivity index (χ1v) is 7.76. The van der Waals surface area contributed by atoms with Crippen LogP contribution in [0.2, 0.25) is 0 Å². The molecule has 1 heterocycles. The zero-order valence-electron chi connectivity index (χ0n) is 12.0. The molecule has 0 unspecified atom stereocenters. The minimum absolute atomic E-state index is 0.0305. The van der Waals surface area contributed by atoms with Crippen LogP contribution in [0, 0.1) is 0 Å². The van der Waals surface area contributed by atoms with Crippen molar-refractivity contribution in [2.75, 3.05) is 13.6 Å². The summed E-state index contributed by atoms with van der Waals surface area (Å²) in [6.45, 7) is 3.04. The Kier molecular flexibility index (Phi) is 3.92. The quantitative estimate of drug-likeness (QED) is 0.857. The van der Waals surface area contributed by atoms with E-state index in [1.807, 2.05) is 0 Å². The van der Waals surface area contributed by atoms with Crippen molar-refractivity contribution in [1.29, 1.82) is 0 Å². The van der Waals surface area contributed by atoms with Crippen LogP contribution in [0.15, 0.2) is 44.4 Å². The second kappa shape index (κ2) is 5.25. The van der Waals surface area contributed by atoms with Crippen LogP contribution < -0.4 is 5.63 Å². The van der Waals surface area contributed by atoms with Crippen molar-refractivity contribution >= 4 is 21.0 Å². The highest BCUT2D eigenvalue weighted by molar-refractivity contribution is 7.89. The Balaban J connectivity index is 2.45. The molecule has 0 fully saturated rings. The average molecular weight is 311 g/mol. The van der Waals surface area contributed by atoms with Crippen molar-refractivity contribution in [2.45, 2.75) is 24.3 Å². The smallest absolute Gasteiger partial charge is 0.336 e. The van der Waals surface area contributed by atoms with Crippen LogP contribution in [0.1, 0.15) is 13.8 Å². The standard InChI is InChI=1S/C14H17NO5S/c1-14(2,17)9-15(3)21(18,19)11-5-6-12-10(8-11)4-7-13(16)20-12/h4-8,17H,9H2,1-3H3. The van der Waals surface area contributed by atoms with E-state index in [0.717, 1.165) is 4.31 Å². The van der Waals surface area contributed by atoms with E-state index < -0.39 is 21.2 Å². The molecular weight excluding hydrogens is 294 g/mol. The third-order valence-electron chi connectivity index (χ3n) is 2.91. The Labute approximate surface area is 122 Å². The molecule has 0 radical (unpaired) electrons. The molecule has 0 aliphatic carbocycles. The Hall–Kier alpha value is -1.70. The Morgan fingerprint density at radius 3 is 2.52 bits per heavy atom. The number of hydrogen-bond acceptors (Lipinski definition) is 5. The van der Waals surface area contributed by atoms with Crippen molar-refractivity contribution in [2.24, 2.45) is 0 Å². The van der Waals surface area contributed by atoms with E-state index in [1.165, 1.54) is 51.2 Å². The summed E-state index contributed by atoms with van der Waals surface area (Å²) in [6.07, 6.45) is 0. The maximum Gasteiger partial charge on any atom is 0.336 e. The number of benzene rings is 1. The topological polar surface area (TPSA) is 87.8 Å². The van der Waals surface area contributed by atoms with E-state index in [9.17, 15) is 18.3 Å². The highest BCUT2D eigenvalue weighted by atomic mass is 32.2. The third-order valence-corrected chi connectivity index (χ3v) is 4.71. The lowest BCUT2D eigenvalue weighted by Crippen LogP contribution is -2.39. The van der Waals surface area contributed by atoms with Crippen LogP contribution in [-0.2, 0) is 10.0 Å². The molecule has 0 aliphatic heterocycles. The maximum atomic E-state index is 12.4. The first-order valence-electron chi connectivity index (χ1n) is 6.32. The molecule has 1 aromatic heterocycles. The van der Waals surface area contributed by atoms with Crippen molar-refractivity contribution in [3.63, 3.8) is 0 Å². The Bertz CT molecular complexity index is 817. The molecule has 0 saturated carbocycles. The molecule has 6 nitrogen and oxygen atoms in total. The van der Waals surface area contributed by atoms with Crippen LogP contribution in [0.4, 0.5) is 0 Å². The predicted octanol–water partition coefficient (Wildman–Crippen LogP) is 1.18. The summed E-state index contributed by atoms with van der Waals surface area (Å²) in [6, 6.07) is 7.01. The molecular formula is C14H17NO5S. The fraction of sp³-hybridized carbons (Fsp3) is 0.357. The van der Waals surface area contributed by atoms with Gasteiger partial charge in [-0.2, -0.15) is 4.31 Å². The molecule has 7 heteroatoms. The number of aliphatic hydroxyl groups is 1. The van der Waals surface area contributed by atoms with E-state index in [2.05, 4.69) is 0 Å². The SMILES string of the molecule is CN(CC(C)(C)O)S(=O)(=O)c1ccc2oc(=O)ccc2c1. The predicted molar refractivity (Wildman–Crippen MR) is 78.6 cm³/mol. The molecule has 0 amide bonds. The van der Waals surface area contributed by atoms with Gasteiger partial charge in [0.2, 0.25) is 10.0 Å². The van der Waals surface area contributed by atoms with Gasteiger partial charge in [0.1, 0.15) is 5.58 Å². The fourth-order valence-corrected chi connectivity index (χ4v) is 3.38. The monoisotopic (exact) mass is 311 g/mol. The van der Waals surface area contributed by atoms with Crippen molar-refractivity contribution in [3.8, 4) is 0 Å². The van der Waals surface area contributed by atoms with Crippen molar-refractivity contribution < 1.29 is 17.9 Å². The molecule has 0 saturated heterocycles. The van der Waals surface area contributed by atoms with Gasteiger partial charge in [-0.3, -0.25) is 0 Å². The lowest BCUT2D eigenvalue weighted by Gasteiger charge is -2.25. The van der Waals surface area contributed by atoms with E-state index in [-0.39, 0.29) is 11.4 Å². The second-order valence-electron chi connectivity index (χ2n) is 5.53. The van der Waals surface area contributed by atoms with Gasteiger partial charge in [-0.05, 0) is 38.1 Å². The van der Waals surface area contributed by atoms with Gasteiger partial charge in [-0.1, -0.05) is 0 Å². The third kappa shape index (κ3) is 3.49. The highest BCUT2D eigenvalue weighted by Crippen LogP contribution is 2.21. The van der Waals surface area contributed by atoms with Crippen molar-refractivity contribution in [3.05, 3.63) is 40.8 Å². The summed E-state index contributed by atoms with van der Waals surface area (Å²) >= 11 is 0. The lowest BCUT2D eigenvalue weighted by molar-refractivity contribution is 0.0640. The van der Waals surface area contributed by atoms with Gasteiger partial charge in [-0.15, -0.1) is 0 Å². The van der Waals surface area contributed by atoms with Gasteiger partial charge in [0, 0.05) is 25.0 Å². The molecule has 0 aliphatic rings. The zero-order chi connectivity index (χ0) is 15.8. The molecule has 1 aromatic carbocycles. The van der Waals surface area contributed by atoms with E-state index in [4.69, 9.17) is 4.42 Å². The van der Waals surface area contributed by atoms with E-state index >= 15 is 0 Å². The van der Waals surface area contributed by atoms with Gasteiger partial charge in [0.15, 0.2) is 0 Å². The summed E-state index contributed by atoms with van der Waals surface area (Å²) in [4.78, 5) is 11.2.